The first-order valence-corrected chi connectivity index (χ1v) is 16.3. The van der Waals surface area contributed by atoms with Crippen molar-refractivity contribution in [2.24, 2.45) is 11.8 Å². The molecule has 3 heterocycles. The summed E-state index contributed by atoms with van der Waals surface area (Å²) < 4.78 is 12.8. The number of β-amino-alcohol motifs (C(OH)–C–C–N with tert-alkyl or cyclic N) is 1. The van der Waals surface area contributed by atoms with Crippen molar-refractivity contribution in [3.05, 3.63) is 61.2 Å². The number of likely N-dealkylation sites (tertiary alicyclic amines) is 1. The molecular weight excluding hydrogens is 574 g/mol. The van der Waals surface area contributed by atoms with Crippen LogP contribution < -0.4 is 0 Å². The number of amides is 3. The van der Waals surface area contributed by atoms with Gasteiger partial charge in [-0.05, 0) is 38.2 Å². The number of rotatable bonds is 17. The number of ether oxygens (including phenoxy) is 2. The van der Waals surface area contributed by atoms with Crippen LogP contribution >= 0.6 is 0 Å². The number of hydrogen-bond donors (Lipinski definition) is 1. The SMILES string of the molecule is C=CCCC(=O)N(C)[C@@H](C)[C@@H](OC(=O)[C@@H]1[C@@H]2CC[C@]3(O2)[C@H](C(=O)N(CC=C)CCCCC)N(CCO)C(=O)[C@@H]13)c1ccccc1. The second-order valence-corrected chi connectivity index (χ2v) is 12.4. The zero-order valence-corrected chi connectivity index (χ0v) is 26.9. The minimum atomic E-state index is -1.19. The molecule has 3 aliphatic heterocycles. The van der Waals surface area contributed by atoms with Gasteiger partial charge in [0.2, 0.25) is 17.7 Å². The van der Waals surface area contributed by atoms with Crippen LogP contribution in [0.25, 0.3) is 0 Å². The van der Waals surface area contributed by atoms with Crippen LogP contribution in [0, 0.1) is 11.8 Å². The maximum atomic E-state index is 14.2. The number of carbonyl (C=O) groups is 4. The average Bonchev–Trinajstić information content (AvgIpc) is 3.69. The molecule has 0 aromatic heterocycles. The van der Waals surface area contributed by atoms with Crippen molar-refractivity contribution in [3.8, 4) is 0 Å². The Morgan fingerprint density at radius 1 is 1.20 bits per heavy atom. The van der Waals surface area contributed by atoms with E-state index in [0.29, 0.717) is 32.4 Å². The van der Waals surface area contributed by atoms with Crippen molar-refractivity contribution in [2.45, 2.75) is 88.7 Å². The lowest BCUT2D eigenvalue weighted by molar-refractivity contribution is -0.164. The Balaban J connectivity index is 1.64. The molecule has 4 rings (SSSR count). The van der Waals surface area contributed by atoms with Gasteiger partial charge in [0.15, 0.2) is 0 Å². The molecule has 7 atom stereocenters. The molecule has 1 aromatic carbocycles. The first kappa shape index (κ1) is 34.4. The van der Waals surface area contributed by atoms with Gasteiger partial charge in [0, 0.05) is 33.1 Å². The monoisotopic (exact) mass is 623 g/mol. The Morgan fingerprint density at radius 3 is 2.58 bits per heavy atom. The number of benzene rings is 1. The molecule has 0 radical (unpaired) electrons. The molecule has 1 N–H and O–H groups in total. The number of aliphatic hydroxyl groups is 1. The Kier molecular flexibility index (Phi) is 11.6. The molecule has 3 amide bonds. The highest BCUT2D eigenvalue weighted by atomic mass is 16.6. The minimum absolute atomic E-state index is 0.0402. The third-order valence-electron chi connectivity index (χ3n) is 9.72. The summed E-state index contributed by atoms with van der Waals surface area (Å²) >= 11 is 0. The highest BCUT2D eigenvalue weighted by Gasteiger charge is 2.75. The topological polar surface area (TPSA) is 117 Å². The summed E-state index contributed by atoms with van der Waals surface area (Å²) in [6.07, 6.45) is 6.53. The van der Waals surface area contributed by atoms with E-state index in [-0.39, 0.29) is 37.3 Å². The van der Waals surface area contributed by atoms with E-state index in [1.54, 1.807) is 29.0 Å². The number of fused-ring (bicyclic) bond motifs is 1. The van der Waals surface area contributed by atoms with Gasteiger partial charge in [0.25, 0.3) is 0 Å². The fraction of sp³-hybridized carbons (Fsp3) is 0.600. The van der Waals surface area contributed by atoms with E-state index in [4.69, 9.17) is 9.47 Å². The third kappa shape index (κ3) is 6.72. The predicted octanol–water partition coefficient (Wildman–Crippen LogP) is 3.66. The summed E-state index contributed by atoms with van der Waals surface area (Å²) in [5.41, 5.74) is -0.465. The number of nitrogens with zero attached hydrogens (tertiary/aromatic N) is 3. The van der Waals surface area contributed by atoms with Crippen LogP contribution in [0.1, 0.15) is 70.5 Å². The lowest BCUT2D eigenvalue weighted by atomic mass is 9.70. The van der Waals surface area contributed by atoms with Crippen LogP contribution in [-0.4, -0.2) is 101 Å². The van der Waals surface area contributed by atoms with Gasteiger partial charge in [-0.2, -0.15) is 0 Å². The van der Waals surface area contributed by atoms with Gasteiger partial charge in [0.1, 0.15) is 17.7 Å². The number of likely N-dealkylation sites (N-methyl/N-ethyl adjacent to an activating group) is 1. The van der Waals surface area contributed by atoms with Gasteiger partial charge < -0.3 is 29.3 Å². The van der Waals surface area contributed by atoms with E-state index in [2.05, 4.69) is 20.1 Å². The van der Waals surface area contributed by atoms with Crippen LogP contribution in [0.3, 0.4) is 0 Å². The fourth-order valence-electron chi connectivity index (χ4n) is 7.34. The summed E-state index contributed by atoms with van der Waals surface area (Å²) in [6.45, 7) is 11.9. The molecule has 0 unspecified atom stereocenters. The molecule has 1 spiro atoms. The van der Waals surface area contributed by atoms with Crippen molar-refractivity contribution in [1.82, 2.24) is 14.7 Å². The molecule has 0 aliphatic carbocycles. The second-order valence-electron chi connectivity index (χ2n) is 12.4. The number of unbranched alkanes of at least 4 members (excludes halogenated alkanes) is 2. The first-order valence-electron chi connectivity index (χ1n) is 16.3. The van der Waals surface area contributed by atoms with Crippen molar-refractivity contribution >= 4 is 23.7 Å². The van der Waals surface area contributed by atoms with Crippen LogP contribution in [0.2, 0.25) is 0 Å². The predicted molar refractivity (Wildman–Crippen MR) is 170 cm³/mol. The summed E-state index contributed by atoms with van der Waals surface area (Å²) in [4.78, 5) is 60.1. The summed E-state index contributed by atoms with van der Waals surface area (Å²) in [6, 6.07) is 7.79. The van der Waals surface area contributed by atoms with E-state index >= 15 is 0 Å². The molecule has 10 heteroatoms. The lowest BCUT2D eigenvalue weighted by Crippen LogP contribution is -2.56. The number of aliphatic hydroxyl groups excluding tert-OH is 1. The van der Waals surface area contributed by atoms with Crippen LogP contribution in [-0.2, 0) is 28.7 Å². The zero-order chi connectivity index (χ0) is 32.7. The summed E-state index contributed by atoms with van der Waals surface area (Å²) in [7, 11) is 1.69. The molecule has 3 aliphatic rings. The van der Waals surface area contributed by atoms with Gasteiger partial charge in [-0.15, -0.1) is 13.2 Å². The van der Waals surface area contributed by atoms with Gasteiger partial charge in [0.05, 0.1) is 30.6 Å². The number of hydrogen-bond acceptors (Lipinski definition) is 7. The number of allylic oxidation sites excluding steroid dienone is 1. The van der Waals surface area contributed by atoms with Crippen LogP contribution in [0.5, 0.6) is 0 Å². The Bertz CT molecular complexity index is 1240. The number of carbonyl (C=O) groups excluding carboxylic acids is 4. The van der Waals surface area contributed by atoms with E-state index in [1.165, 1.54) is 4.90 Å². The standard InChI is InChI=1S/C35H49N3O7/c1-6-9-14-21-37(20-8-3)33(42)31-35-19-18-26(45-35)28(29(35)32(41)38(31)22-23-39)34(43)44-30(25-15-12-11-13-16-25)24(4)36(5)27(40)17-10-7-2/h7-8,11-13,15-16,24,26,28-31,39H,2-3,6,9-10,14,17-23H2,1,4-5H3/t24-,26-,28+,29+,30+,31-,35+/m0/s1. The van der Waals surface area contributed by atoms with Crippen molar-refractivity contribution in [2.75, 3.05) is 33.3 Å². The van der Waals surface area contributed by atoms with Crippen molar-refractivity contribution in [1.29, 1.82) is 0 Å². The molecular formula is C35H49N3O7. The van der Waals surface area contributed by atoms with E-state index in [1.807, 2.05) is 37.3 Å². The maximum absolute atomic E-state index is 14.2. The van der Waals surface area contributed by atoms with Gasteiger partial charge in [-0.1, -0.05) is 62.2 Å². The molecule has 3 fully saturated rings. The Hall–Kier alpha value is -3.50. The average molecular weight is 624 g/mol. The van der Waals surface area contributed by atoms with Crippen molar-refractivity contribution in [3.63, 3.8) is 0 Å². The quantitative estimate of drug-likeness (QED) is 0.160. The molecule has 1 aromatic rings. The van der Waals surface area contributed by atoms with E-state index < -0.39 is 47.7 Å². The van der Waals surface area contributed by atoms with E-state index in [9.17, 15) is 24.3 Å². The smallest absolute Gasteiger partial charge is 0.313 e. The highest BCUT2D eigenvalue weighted by Crippen LogP contribution is 2.59. The largest absolute Gasteiger partial charge is 0.455 e. The molecule has 0 saturated carbocycles. The maximum Gasteiger partial charge on any atom is 0.313 e. The van der Waals surface area contributed by atoms with E-state index in [0.717, 1.165) is 24.8 Å². The Morgan fingerprint density at radius 2 is 1.93 bits per heavy atom. The molecule has 10 nitrogen and oxygen atoms in total. The molecule has 2 bridgehead atoms. The molecule has 246 valence electrons. The van der Waals surface area contributed by atoms with Crippen LogP contribution in [0.15, 0.2) is 55.6 Å². The summed E-state index contributed by atoms with van der Waals surface area (Å²) in [5.74, 6) is -3.14. The zero-order valence-electron chi connectivity index (χ0n) is 26.9. The van der Waals surface area contributed by atoms with Gasteiger partial charge in [-0.3, -0.25) is 19.2 Å². The van der Waals surface area contributed by atoms with Gasteiger partial charge in [-0.25, -0.2) is 0 Å². The molecule has 3 saturated heterocycles. The summed E-state index contributed by atoms with van der Waals surface area (Å²) in [5, 5.41) is 9.92. The highest BCUT2D eigenvalue weighted by molar-refractivity contribution is 5.98. The van der Waals surface area contributed by atoms with Crippen LogP contribution in [0.4, 0.5) is 0 Å². The minimum Gasteiger partial charge on any atom is -0.455 e. The first-order chi connectivity index (χ1) is 21.7. The second kappa shape index (κ2) is 15.2. The normalized spacial score (nSPS) is 26.2. The fourth-order valence-corrected chi connectivity index (χ4v) is 7.34. The van der Waals surface area contributed by atoms with Gasteiger partial charge >= 0.3 is 5.97 Å². The number of esters is 1. The third-order valence-corrected chi connectivity index (χ3v) is 9.72. The van der Waals surface area contributed by atoms with Crippen molar-refractivity contribution < 1.29 is 33.8 Å². The lowest BCUT2D eigenvalue weighted by Gasteiger charge is -2.36. The Labute approximate surface area is 267 Å². The molecule has 45 heavy (non-hydrogen) atoms.